The van der Waals surface area contributed by atoms with Crippen molar-refractivity contribution in [3.05, 3.63) is 64.8 Å². The molecular formula is C17H14ClN3O5. The zero-order valence-electron chi connectivity index (χ0n) is 13.6. The van der Waals surface area contributed by atoms with Gasteiger partial charge >= 0.3 is 5.97 Å². The number of halogens is 1. The Labute approximate surface area is 152 Å². The second-order valence-corrected chi connectivity index (χ2v) is 5.73. The summed E-state index contributed by atoms with van der Waals surface area (Å²) in [7, 11) is 1.47. The van der Waals surface area contributed by atoms with Gasteiger partial charge in [0.05, 0.1) is 11.9 Å². The first-order chi connectivity index (χ1) is 12.4. The number of aromatic carboxylic acids is 1. The number of rotatable bonds is 6. The van der Waals surface area contributed by atoms with Gasteiger partial charge in [0.2, 0.25) is 0 Å². The Balaban J connectivity index is 1.64. The number of anilines is 1. The summed E-state index contributed by atoms with van der Waals surface area (Å²) in [5, 5.41) is 16.1. The van der Waals surface area contributed by atoms with Crippen LogP contribution in [0.1, 0.15) is 26.8 Å². The summed E-state index contributed by atoms with van der Waals surface area (Å²) in [4.78, 5) is 23.4. The maximum Gasteiger partial charge on any atom is 0.356 e. The molecule has 0 saturated heterocycles. The summed E-state index contributed by atoms with van der Waals surface area (Å²) >= 11 is 5.80. The number of hydrogen-bond acceptors (Lipinski definition) is 5. The topological polar surface area (TPSA) is 107 Å². The number of nitrogens with zero attached hydrogens (tertiary/aromatic N) is 2. The molecule has 2 N–H and O–H groups in total. The minimum atomic E-state index is -1.20. The third-order valence-corrected chi connectivity index (χ3v) is 3.72. The summed E-state index contributed by atoms with van der Waals surface area (Å²) in [6.45, 7) is 0.127. The number of hydrogen-bond donors (Lipinski definition) is 2. The molecule has 3 aromatic rings. The van der Waals surface area contributed by atoms with Crippen LogP contribution in [0.3, 0.4) is 0 Å². The van der Waals surface area contributed by atoms with Crippen LogP contribution in [-0.2, 0) is 13.7 Å². The van der Waals surface area contributed by atoms with Crippen molar-refractivity contribution < 1.29 is 23.8 Å². The van der Waals surface area contributed by atoms with E-state index >= 15 is 0 Å². The predicted octanol–water partition coefficient (Wildman–Crippen LogP) is 3.20. The average molecular weight is 376 g/mol. The van der Waals surface area contributed by atoms with Crippen LogP contribution in [-0.4, -0.2) is 26.8 Å². The van der Waals surface area contributed by atoms with Crippen molar-refractivity contribution >= 4 is 29.2 Å². The van der Waals surface area contributed by atoms with Crippen molar-refractivity contribution in [2.75, 3.05) is 5.32 Å². The fourth-order valence-corrected chi connectivity index (χ4v) is 2.36. The van der Waals surface area contributed by atoms with E-state index in [2.05, 4.69) is 10.4 Å². The highest BCUT2D eigenvalue weighted by molar-refractivity contribution is 6.30. The highest BCUT2D eigenvalue weighted by Gasteiger charge is 2.20. The van der Waals surface area contributed by atoms with Gasteiger partial charge in [-0.25, -0.2) is 4.79 Å². The number of nitrogens with one attached hydrogen (secondary N) is 1. The molecule has 0 saturated carbocycles. The molecule has 0 unspecified atom stereocenters. The van der Waals surface area contributed by atoms with Gasteiger partial charge in [-0.1, -0.05) is 11.6 Å². The van der Waals surface area contributed by atoms with Crippen LogP contribution in [0.5, 0.6) is 5.75 Å². The molecule has 0 spiro atoms. The second-order valence-electron chi connectivity index (χ2n) is 5.30. The van der Waals surface area contributed by atoms with E-state index in [0.29, 0.717) is 16.5 Å². The summed E-state index contributed by atoms with van der Waals surface area (Å²) in [5.41, 5.74) is -0.0448. The molecule has 2 aromatic heterocycles. The Morgan fingerprint density at radius 2 is 2.00 bits per heavy atom. The Kier molecular flexibility index (Phi) is 4.94. The van der Waals surface area contributed by atoms with Gasteiger partial charge < -0.3 is 19.6 Å². The number of ether oxygens (including phenoxy) is 1. The van der Waals surface area contributed by atoms with E-state index in [1.807, 2.05) is 0 Å². The Morgan fingerprint density at radius 3 is 2.69 bits per heavy atom. The minimum Gasteiger partial charge on any atom is -0.486 e. The molecule has 0 atom stereocenters. The van der Waals surface area contributed by atoms with Crippen molar-refractivity contribution in [3.8, 4) is 5.75 Å². The van der Waals surface area contributed by atoms with E-state index in [-0.39, 0.29) is 23.7 Å². The van der Waals surface area contributed by atoms with E-state index in [4.69, 9.17) is 25.9 Å². The molecule has 26 heavy (non-hydrogen) atoms. The average Bonchev–Trinajstić information content (AvgIpc) is 3.21. The predicted molar refractivity (Wildman–Crippen MR) is 92.6 cm³/mol. The Morgan fingerprint density at radius 1 is 1.27 bits per heavy atom. The lowest BCUT2D eigenvalue weighted by atomic mass is 10.3. The standard InChI is InChI=1S/C17H14ClN3O5/c1-21-15(17(23)24)13(8-19-21)20-16(22)14-7-6-12(26-14)9-25-11-4-2-10(18)3-5-11/h2-8H,9H2,1H3,(H,20,22)(H,23,24). The molecule has 0 aliphatic rings. The molecule has 1 amide bonds. The first kappa shape index (κ1) is 17.6. The molecule has 8 nitrogen and oxygen atoms in total. The van der Waals surface area contributed by atoms with Crippen LogP contribution in [0.2, 0.25) is 5.02 Å². The van der Waals surface area contributed by atoms with Crippen LogP contribution in [0.4, 0.5) is 5.69 Å². The third-order valence-electron chi connectivity index (χ3n) is 3.47. The number of aryl methyl sites for hydroxylation is 1. The summed E-state index contributed by atoms with van der Waals surface area (Å²) in [5.74, 6) is -0.706. The maximum atomic E-state index is 12.2. The molecule has 0 radical (unpaired) electrons. The molecule has 134 valence electrons. The van der Waals surface area contributed by atoms with Gasteiger partial charge in [-0.05, 0) is 36.4 Å². The number of amides is 1. The molecule has 2 heterocycles. The van der Waals surface area contributed by atoms with E-state index in [0.717, 1.165) is 4.68 Å². The summed E-state index contributed by atoms with van der Waals surface area (Å²) in [6, 6.07) is 9.92. The van der Waals surface area contributed by atoms with Crippen molar-refractivity contribution in [2.45, 2.75) is 6.61 Å². The van der Waals surface area contributed by atoms with Crippen molar-refractivity contribution in [2.24, 2.45) is 7.05 Å². The second kappa shape index (κ2) is 7.32. The van der Waals surface area contributed by atoms with Crippen LogP contribution in [0.25, 0.3) is 0 Å². The number of carboxylic acid groups (broad SMARTS) is 1. The van der Waals surface area contributed by atoms with Crippen LogP contribution in [0.15, 0.2) is 47.0 Å². The SMILES string of the molecule is Cn1ncc(NC(=O)c2ccc(COc3ccc(Cl)cc3)o2)c1C(=O)O. The zero-order valence-corrected chi connectivity index (χ0v) is 14.4. The van der Waals surface area contributed by atoms with E-state index < -0.39 is 11.9 Å². The number of aromatic nitrogens is 2. The maximum absolute atomic E-state index is 12.2. The van der Waals surface area contributed by atoms with Crippen LogP contribution in [0, 0.1) is 0 Å². The highest BCUT2D eigenvalue weighted by Crippen LogP contribution is 2.19. The number of furan rings is 1. The largest absolute Gasteiger partial charge is 0.486 e. The highest BCUT2D eigenvalue weighted by atomic mass is 35.5. The molecule has 3 rings (SSSR count). The van der Waals surface area contributed by atoms with Crippen molar-refractivity contribution in [1.29, 1.82) is 0 Å². The summed E-state index contributed by atoms with van der Waals surface area (Å²) < 4.78 is 12.1. The number of carbonyl (C=O) groups is 2. The lowest BCUT2D eigenvalue weighted by Gasteiger charge is -2.04. The fourth-order valence-electron chi connectivity index (χ4n) is 2.23. The summed E-state index contributed by atoms with van der Waals surface area (Å²) in [6.07, 6.45) is 1.26. The van der Waals surface area contributed by atoms with Gasteiger partial charge in [-0.3, -0.25) is 9.48 Å². The van der Waals surface area contributed by atoms with Gasteiger partial charge in [0.1, 0.15) is 18.1 Å². The number of carboxylic acids is 1. The molecule has 0 bridgehead atoms. The van der Waals surface area contributed by atoms with Gasteiger partial charge in [0, 0.05) is 12.1 Å². The zero-order chi connectivity index (χ0) is 18.7. The fraction of sp³-hybridized carbons (Fsp3) is 0.118. The van der Waals surface area contributed by atoms with Gasteiger partial charge in [-0.15, -0.1) is 0 Å². The first-order valence-electron chi connectivity index (χ1n) is 7.48. The van der Waals surface area contributed by atoms with E-state index in [1.165, 1.54) is 19.3 Å². The molecule has 9 heteroatoms. The molecule has 0 fully saturated rings. The molecule has 0 aliphatic heterocycles. The van der Waals surface area contributed by atoms with Crippen LogP contribution < -0.4 is 10.1 Å². The lowest BCUT2D eigenvalue weighted by Crippen LogP contribution is -2.15. The lowest BCUT2D eigenvalue weighted by molar-refractivity contribution is 0.0686. The third kappa shape index (κ3) is 3.86. The first-order valence-corrected chi connectivity index (χ1v) is 7.85. The number of benzene rings is 1. The van der Waals surface area contributed by atoms with Gasteiger partial charge in [0.15, 0.2) is 11.5 Å². The monoisotopic (exact) mass is 375 g/mol. The van der Waals surface area contributed by atoms with Crippen LogP contribution >= 0.6 is 11.6 Å². The molecule has 0 aliphatic carbocycles. The minimum absolute atomic E-state index is 0.0277. The normalized spacial score (nSPS) is 10.5. The van der Waals surface area contributed by atoms with Crippen molar-refractivity contribution in [3.63, 3.8) is 0 Å². The quantitative estimate of drug-likeness (QED) is 0.685. The smallest absolute Gasteiger partial charge is 0.356 e. The van der Waals surface area contributed by atoms with Gasteiger partial charge in [0.25, 0.3) is 5.91 Å². The molecule has 1 aromatic carbocycles. The Bertz CT molecular complexity index is 946. The number of carbonyl (C=O) groups excluding carboxylic acids is 1. The van der Waals surface area contributed by atoms with E-state index in [9.17, 15) is 9.59 Å². The van der Waals surface area contributed by atoms with Gasteiger partial charge in [-0.2, -0.15) is 5.10 Å². The van der Waals surface area contributed by atoms with E-state index in [1.54, 1.807) is 30.3 Å². The molecular weight excluding hydrogens is 362 g/mol. The van der Waals surface area contributed by atoms with Crippen molar-refractivity contribution in [1.82, 2.24) is 9.78 Å². The Hall–Kier alpha value is -3.26.